The van der Waals surface area contributed by atoms with Gasteiger partial charge in [0.05, 0.1) is 24.3 Å². The topological polar surface area (TPSA) is 105 Å². The number of amides is 2. The van der Waals surface area contributed by atoms with Crippen molar-refractivity contribution in [2.75, 3.05) is 37.4 Å². The molecule has 11 heteroatoms. The van der Waals surface area contributed by atoms with Crippen LogP contribution in [0.2, 0.25) is 0 Å². The van der Waals surface area contributed by atoms with Gasteiger partial charge >= 0.3 is 0 Å². The second kappa shape index (κ2) is 15.5. The van der Waals surface area contributed by atoms with Gasteiger partial charge < -0.3 is 19.7 Å². The number of para-hydroxylation sites is 2. The summed E-state index contributed by atoms with van der Waals surface area (Å²) in [6.07, 6.45) is 2.24. The second-order valence-electron chi connectivity index (χ2n) is 9.28. The van der Waals surface area contributed by atoms with E-state index in [0.717, 1.165) is 14.8 Å². The molecular weight excluding hydrogens is 574 g/mol. The number of hydrogen-bond donors (Lipinski definition) is 1. The molecule has 0 aromatic heterocycles. The summed E-state index contributed by atoms with van der Waals surface area (Å²) in [5.74, 6) is 0.0845. The predicted octanol–water partition coefficient (Wildman–Crippen LogP) is 4.95. The molecule has 3 aromatic carbocycles. The minimum absolute atomic E-state index is 0.0366. The van der Waals surface area contributed by atoms with Crippen LogP contribution in [0, 0.1) is 0 Å². The molecule has 1 N–H and O–H groups in total. The Balaban J connectivity index is 2.12. The molecule has 0 saturated heterocycles. The summed E-state index contributed by atoms with van der Waals surface area (Å²) in [6, 6.07) is 19.6. The van der Waals surface area contributed by atoms with Crippen molar-refractivity contribution in [2.24, 2.45) is 0 Å². The number of carbonyl (C=O) groups is 2. The van der Waals surface area contributed by atoms with Gasteiger partial charge in [-0.3, -0.25) is 13.9 Å². The molecule has 3 rings (SSSR count). The van der Waals surface area contributed by atoms with E-state index in [-0.39, 0.29) is 23.0 Å². The van der Waals surface area contributed by atoms with Crippen LogP contribution in [-0.2, 0) is 26.2 Å². The van der Waals surface area contributed by atoms with Crippen LogP contribution in [0.4, 0.5) is 5.69 Å². The molecule has 1 atom stereocenters. The van der Waals surface area contributed by atoms with Gasteiger partial charge in [-0.15, -0.1) is 11.8 Å². The average molecular weight is 614 g/mol. The highest BCUT2D eigenvalue weighted by molar-refractivity contribution is 7.98. The average Bonchev–Trinajstić information content (AvgIpc) is 3.00. The number of anilines is 1. The van der Waals surface area contributed by atoms with Crippen LogP contribution in [0.1, 0.15) is 32.8 Å². The zero-order valence-corrected chi connectivity index (χ0v) is 26.3. The van der Waals surface area contributed by atoms with E-state index in [4.69, 9.17) is 9.47 Å². The predicted molar refractivity (Wildman–Crippen MR) is 167 cm³/mol. The van der Waals surface area contributed by atoms with Gasteiger partial charge in [0.25, 0.3) is 10.0 Å². The van der Waals surface area contributed by atoms with Crippen molar-refractivity contribution in [1.29, 1.82) is 0 Å². The van der Waals surface area contributed by atoms with E-state index in [9.17, 15) is 18.0 Å². The Morgan fingerprint density at radius 3 is 2.31 bits per heavy atom. The number of nitrogens with zero attached hydrogens (tertiary/aromatic N) is 2. The number of benzene rings is 3. The molecule has 3 aromatic rings. The van der Waals surface area contributed by atoms with Crippen LogP contribution in [0.15, 0.2) is 82.6 Å². The minimum Gasteiger partial charge on any atom is -0.497 e. The minimum atomic E-state index is -4.22. The smallest absolute Gasteiger partial charge is 0.264 e. The van der Waals surface area contributed by atoms with Gasteiger partial charge in [0.1, 0.15) is 24.1 Å². The van der Waals surface area contributed by atoms with E-state index < -0.39 is 28.5 Å². The van der Waals surface area contributed by atoms with Gasteiger partial charge in [0, 0.05) is 18.0 Å². The van der Waals surface area contributed by atoms with E-state index in [2.05, 4.69) is 5.32 Å². The zero-order valence-electron chi connectivity index (χ0n) is 24.7. The van der Waals surface area contributed by atoms with Crippen molar-refractivity contribution < 1.29 is 27.5 Å². The molecule has 0 heterocycles. The SMILES string of the molecule is CCNC(=O)[C@@H](CC)N(Cc1cccc(OC)c1)C(=O)CN(c1ccccc1OCC)S(=O)(=O)c1ccc(SC)cc1. The monoisotopic (exact) mass is 613 g/mol. The van der Waals surface area contributed by atoms with Gasteiger partial charge in [-0.2, -0.15) is 0 Å². The number of nitrogens with one attached hydrogen (secondary N) is 1. The van der Waals surface area contributed by atoms with E-state index in [0.29, 0.717) is 31.1 Å². The van der Waals surface area contributed by atoms with Crippen LogP contribution in [-0.4, -0.2) is 64.2 Å². The molecule has 0 saturated carbocycles. The van der Waals surface area contributed by atoms with Crippen LogP contribution >= 0.6 is 11.8 Å². The van der Waals surface area contributed by atoms with E-state index in [1.165, 1.54) is 28.8 Å². The third-order valence-corrected chi connectivity index (χ3v) is 9.10. The highest BCUT2D eigenvalue weighted by Gasteiger charge is 2.34. The van der Waals surface area contributed by atoms with Crippen LogP contribution in [0.5, 0.6) is 11.5 Å². The number of sulfonamides is 1. The third kappa shape index (κ3) is 7.98. The summed E-state index contributed by atoms with van der Waals surface area (Å²) < 4.78 is 40.5. The van der Waals surface area contributed by atoms with E-state index >= 15 is 0 Å². The van der Waals surface area contributed by atoms with Crippen molar-refractivity contribution in [3.8, 4) is 11.5 Å². The molecule has 0 aliphatic carbocycles. The van der Waals surface area contributed by atoms with Crippen LogP contribution in [0.25, 0.3) is 0 Å². The largest absolute Gasteiger partial charge is 0.497 e. The number of hydrogen-bond acceptors (Lipinski definition) is 7. The lowest BCUT2D eigenvalue weighted by molar-refractivity contribution is -0.140. The number of ether oxygens (including phenoxy) is 2. The number of likely N-dealkylation sites (N-methyl/N-ethyl adjacent to an activating group) is 1. The highest BCUT2D eigenvalue weighted by atomic mass is 32.2. The van der Waals surface area contributed by atoms with Crippen molar-refractivity contribution in [3.05, 3.63) is 78.4 Å². The van der Waals surface area contributed by atoms with Gasteiger partial charge in [0.2, 0.25) is 11.8 Å². The first-order valence-corrected chi connectivity index (χ1v) is 16.4. The summed E-state index contributed by atoms with van der Waals surface area (Å²) in [6.45, 7) is 5.66. The van der Waals surface area contributed by atoms with Gasteiger partial charge in [0.15, 0.2) is 0 Å². The lowest BCUT2D eigenvalue weighted by Gasteiger charge is -2.33. The molecule has 0 aliphatic rings. The molecule has 0 fully saturated rings. The number of carbonyl (C=O) groups excluding carboxylic acids is 2. The summed E-state index contributed by atoms with van der Waals surface area (Å²) in [7, 11) is -2.67. The number of methoxy groups -OCH3 is 1. The summed E-state index contributed by atoms with van der Waals surface area (Å²) >= 11 is 1.50. The fourth-order valence-corrected chi connectivity index (χ4v) is 6.34. The first kappa shape index (κ1) is 32.8. The Kier molecular flexibility index (Phi) is 12.1. The molecule has 0 spiro atoms. The first-order valence-electron chi connectivity index (χ1n) is 13.8. The van der Waals surface area contributed by atoms with Crippen LogP contribution < -0.4 is 19.1 Å². The molecule has 2 amide bonds. The van der Waals surface area contributed by atoms with Crippen molar-refractivity contribution in [2.45, 2.75) is 49.6 Å². The van der Waals surface area contributed by atoms with E-state index in [1.54, 1.807) is 75.6 Å². The Morgan fingerprint density at radius 2 is 1.69 bits per heavy atom. The van der Waals surface area contributed by atoms with Gasteiger partial charge in [-0.25, -0.2) is 8.42 Å². The highest BCUT2D eigenvalue weighted by Crippen LogP contribution is 2.33. The second-order valence-corrected chi connectivity index (χ2v) is 12.0. The van der Waals surface area contributed by atoms with Gasteiger partial charge in [-0.05, 0) is 80.6 Å². The van der Waals surface area contributed by atoms with Crippen molar-refractivity contribution in [1.82, 2.24) is 10.2 Å². The zero-order chi connectivity index (χ0) is 30.7. The summed E-state index contributed by atoms with van der Waals surface area (Å²) in [4.78, 5) is 29.7. The number of thioether (sulfide) groups is 1. The van der Waals surface area contributed by atoms with Crippen molar-refractivity contribution >= 4 is 39.3 Å². The van der Waals surface area contributed by atoms with Crippen molar-refractivity contribution in [3.63, 3.8) is 0 Å². The maximum atomic E-state index is 14.2. The Bertz CT molecular complexity index is 1450. The summed E-state index contributed by atoms with van der Waals surface area (Å²) in [5.41, 5.74) is 0.969. The molecule has 9 nitrogen and oxygen atoms in total. The Hall–Kier alpha value is -3.70. The lowest BCUT2D eigenvalue weighted by Crippen LogP contribution is -2.52. The molecular formula is C31H39N3O6S2. The fraction of sp³-hybridized carbons (Fsp3) is 0.355. The molecule has 0 unspecified atom stereocenters. The maximum Gasteiger partial charge on any atom is 0.264 e. The molecule has 0 radical (unpaired) electrons. The van der Waals surface area contributed by atoms with Crippen LogP contribution in [0.3, 0.4) is 0 Å². The standard InChI is InChI=1S/C31H39N3O6S2/c1-6-27(31(36)32-7-2)33(21-23-12-11-13-24(20-23)39-4)30(35)22-34(28-14-9-10-15-29(28)40-8-3)42(37,38)26-18-16-25(41-5)17-19-26/h9-20,27H,6-8,21-22H2,1-5H3,(H,32,36)/t27-/m1/s1. The van der Waals surface area contributed by atoms with E-state index in [1.807, 2.05) is 19.2 Å². The molecule has 226 valence electrons. The molecule has 0 aliphatic heterocycles. The fourth-order valence-electron chi connectivity index (χ4n) is 4.51. The quantitative estimate of drug-likeness (QED) is 0.242. The molecule has 0 bridgehead atoms. The lowest BCUT2D eigenvalue weighted by atomic mass is 10.1. The third-order valence-electron chi connectivity index (χ3n) is 6.58. The Labute approximate surface area is 253 Å². The normalized spacial score (nSPS) is 11.8. The molecule has 42 heavy (non-hydrogen) atoms. The van der Waals surface area contributed by atoms with Gasteiger partial charge in [-0.1, -0.05) is 31.2 Å². The summed E-state index contributed by atoms with van der Waals surface area (Å²) in [5, 5.41) is 2.81. The maximum absolute atomic E-state index is 14.2. The first-order chi connectivity index (χ1) is 20.2. The number of rotatable bonds is 15. The Morgan fingerprint density at radius 1 is 0.976 bits per heavy atom.